The van der Waals surface area contributed by atoms with Gasteiger partial charge in [-0.2, -0.15) is 5.26 Å². The molecule has 0 N–H and O–H groups in total. The Labute approximate surface area is 189 Å². The summed E-state index contributed by atoms with van der Waals surface area (Å²) in [6.45, 7) is 2.30. The van der Waals surface area contributed by atoms with Crippen molar-refractivity contribution < 1.29 is 0 Å². The first-order valence-electron chi connectivity index (χ1n) is 12.9. The summed E-state index contributed by atoms with van der Waals surface area (Å²) in [6, 6.07) is 21.1. The molecule has 0 aliphatic heterocycles. The predicted molar refractivity (Wildman–Crippen MR) is 131 cm³/mol. The molecule has 4 rings (SSSR count). The van der Waals surface area contributed by atoms with Gasteiger partial charge in [0, 0.05) is 5.92 Å². The fourth-order valence-electron chi connectivity index (χ4n) is 5.92. The normalized spacial score (nSPS) is 26.3. The molecular formula is C30H39N. The van der Waals surface area contributed by atoms with Crippen LogP contribution >= 0.6 is 0 Å². The van der Waals surface area contributed by atoms with E-state index >= 15 is 0 Å². The van der Waals surface area contributed by atoms with E-state index in [1.54, 1.807) is 5.56 Å². The Morgan fingerprint density at radius 2 is 1.16 bits per heavy atom. The van der Waals surface area contributed by atoms with Crippen molar-refractivity contribution in [1.29, 1.82) is 5.26 Å². The number of nitriles is 1. The summed E-state index contributed by atoms with van der Waals surface area (Å²) in [7, 11) is 0. The topological polar surface area (TPSA) is 23.8 Å². The molecule has 1 heteroatoms. The van der Waals surface area contributed by atoms with E-state index in [1.807, 2.05) is 0 Å². The molecule has 2 fully saturated rings. The van der Waals surface area contributed by atoms with E-state index in [0.717, 1.165) is 37.5 Å². The van der Waals surface area contributed by atoms with Crippen LogP contribution in [-0.2, 0) is 0 Å². The van der Waals surface area contributed by atoms with Crippen LogP contribution in [0.5, 0.6) is 0 Å². The molecule has 0 heterocycles. The monoisotopic (exact) mass is 413 g/mol. The SMILES string of the molecule is CCCCCC1CCC(c2ccc(-c3ccc(C4CCC(C#N)CC4)cc3)cc2)CC1. The van der Waals surface area contributed by atoms with Crippen molar-refractivity contribution in [2.75, 3.05) is 0 Å². The van der Waals surface area contributed by atoms with Crippen LogP contribution in [0.4, 0.5) is 0 Å². The molecule has 1 nitrogen and oxygen atoms in total. The van der Waals surface area contributed by atoms with E-state index in [-0.39, 0.29) is 5.92 Å². The van der Waals surface area contributed by atoms with Crippen LogP contribution in [-0.4, -0.2) is 0 Å². The molecule has 0 amide bonds. The summed E-state index contributed by atoms with van der Waals surface area (Å²) < 4.78 is 0. The molecule has 0 radical (unpaired) electrons. The van der Waals surface area contributed by atoms with Crippen molar-refractivity contribution in [3.8, 4) is 17.2 Å². The van der Waals surface area contributed by atoms with E-state index in [2.05, 4.69) is 61.5 Å². The minimum Gasteiger partial charge on any atom is -0.198 e. The Kier molecular flexibility index (Phi) is 7.85. The molecule has 0 atom stereocenters. The Bertz CT molecular complexity index is 825. The maximum Gasteiger partial charge on any atom is 0.0655 e. The van der Waals surface area contributed by atoms with Crippen LogP contribution in [0, 0.1) is 23.2 Å². The lowest BCUT2D eigenvalue weighted by molar-refractivity contribution is 0.303. The lowest BCUT2D eigenvalue weighted by Crippen LogP contribution is -2.13. The van der Waals surface area contributed by atoms with E-state index in [1.165, 1.54) is 68.1 Å². The first-order valence-corrected chi connectivity index (χ1v) is 12.9. The Morgan fingerprint density at radius 3 is 1.61 bits per heavy atom. The standard InChI is InChI=1S/C30H39N/c1-2-3-4-5-23-6-10-25(11-7-23)27-14-18-29(19-15-27)30-20-16-28(17-21-30)26-12-8-24(22-31)9-13-26/h14-21,23-26H,2-13H2,1H3. The Morgan fingerprint density at radius 1 is 0.677 bits per heavy atom. The van der Waals surface area contributed by atoms with Crippen molar-refractivity contribution in [2.45, 2.75) is 95.8 Å². The van der Waals surface area contributed by atoms with Gasteiger partial charge in [-0.15, -0.1) is 0 Å². The van der Waals surface area contributed by atoms with Gasteiger partial charge in [0.05, 0.1) is 6.07 Å². The lowest BCUT2D eigenvalue weighted by Gasteiger charge is -2.29. The van der Waals surface area contributed by atoms with Crippen molar-refractivity contribution in [3.05, 3.63) is 59.7 Å². The molecular weight excluding hydrogens is 374 g/mol. The van der Waals surface area contributed by atoms with Crippen LogP contribution in [0.3, 0.4) is 0 Å². The van der Waals surface area contributed by atoms with Crippen LogP contribution in [0.1, 0.15) is 107 Å². The number of rotatable bonds is 7. The fourth-order valence-corrected chi connectivity index (χ4v) is 5.92. The summed E-state index contributed by atoms with van der Waals surface area (Å²) in [5, 5.41) is 9.11. The van der Waals surface area contributed by atoms with E-state index < -0.39 is 0 Å². The lowest BCUT2D eigenvalue weighted by atomic mass is 9.77. The highest BCUT2D eigenvalue weighted by molar-refractivity contribution is 5.64. The van der Waals surface area contributed by atoms with Gasteiger partial charge in [-0.3, -0.25) is 0 Å². The highest BCUT2D eigenvalue weighted by atomic mass is 14.3. The van der Waals surface area contributed by atoms with Crippen LogP contribution < -0.4 is 0 Å². The first kappa shape index (κ1) is 22.1. The zero-order valence-electron chi connectivity index (χ0n) is 19.4. The number of nitrogens with zero attached hydrogens (tertiary/aromatic N) is 1. The molecule has 31 heavy (non-hydrogen) atoms. The number of unbranched alkanes of at least 4 members (excludes halogenated alkanes) is 2. The maximum atomic E-state index is 9.11. The van der Waals surface area contributed by atoms with Gasteiger partial charge in [-0.1, -0.05) is 81.1 Å². The van der Waals surface area contributed by atoms with Gasteiger partial charge in [0.25, 0.3) is 0 Å². The van der Waals surface area contributed by atoms with Gasteiger partial charge in [-0.05, 0) is 91.4 Å². The second-order valence-electron chi connectivity index (χ2n) is 10.1. The zero-order valence-corrected chi connectivity index (χ0v) is 19.4. The summed E-state index contributed by atoms with van der Waals surface area (Å²) in [6.07, 6.45) is 15.7. The van der Waals surface area contributed by atoms with Gasteiger partial charge in [0.2, 0.25) is 0 Å². The van der Waals surface area contributed by atoms with E-state index in [0.29, 0.717) is 5.92 Å². The second kappa shape index (κ2) is 11.0. The molecule has 2 aromatic carbocycles. The fraction of sp³-hybridized carbons (Fsp3) is 0.567. The zero-order chi connectivity index (χ0) is 21.5. The van der Waals surface area contributed by atoms with Crippen LogP contribution in [0.15, 0.2) is 48.5 Å². The summed E-state index contributed by atoms with van der Waals surface area (Å²) in [4.78, 5) is 0. The third-order valence-electron chi connectivity index (χ3n) is 8.07. The van der Waals surface area contributed by atoms with Crippen molar-refractivity contribution in [2.24, 2.45) is 11.8 Å². The molecule has 2 aliphatic rings. The summed E-state index contributed by atoms with van der Waals surface area (Å²) in [5.74, 6) is 2.67. The average Bonchev–Trinajstić information content (AvgIpc) is 2.85. The van der Waals surface area contributed by atoms with Crippen molar-refractivity contribution in [3.63, 3.8) is 0 Å². The van der Waals surface area contributed by atoms with Gasteiger partial charge >= 0.3 is 0 Å². The molecule has 0 saturated heterocycles. The maximum absolute atomic E-state index is 9.11. The molecule has 2 saturated carbocycles. The van der Waals surface area contributed by atoms with E-state index in [9.17, 15) is 0 Å². The smallest absolute Gasteiger partial charge is 0.0655 e. The molecule has 2 aliphatic carbocycles. The quantitative estimate of drug-likeness (QED) is 0.415. The Hall–Kier alpha value is -2.07. The second-order valence-corrected chi connectivity index (χ2v) is 10.1. The summed E-state index contributed by atoms with van der Waals surface area (Å²) >= 11 is 0. The number of benzene rings is 2. The minimum atomic E-state index is 0.283. The molecule has 2 aromatic rings. The first-order chi connectivity index (χ1) is 15.3. The highest BCUT2D eigenvalue weighted by Gasteiger charge is 2.23. The van der Waals surface area contributed by atoms with E-state index in [4.69, 9.17) is 5.26 Å². The third kappa shape index (κ3) is 5.79. The molecule has 0 bridgehead atoms. The largest absolute Gasteiger partial charge is 0.198 e. The van der Waals surface area contributed by atoms with Crippen LogP contribution in [0.25, 0.3) is 11.1 Å². The van der Waals surface area contributed by atoms with Crippen molar-refractivity contribution in [1.82, 2.24) is 0 Å². The highest BCUT2D eigenvalue weighted by Crippen LogP contribution is 2.39. The molecule has 0 spiro atoms. The Balaban J connectivity index is 1.31. The molecule has 164 valence electrons. The van der Waals surface area contributed by atoms with Gasteiger partial charge in [0.1, 0.15) is 0 Å². The number of hydrogen-bond acceptors (Lipinski definition) is 1. The summed E-state index contributed by atoms with van der Waals surface area (Å²) in [5.41, 5.74) is 5.64. The van der Waals surface area contributed by atoms with Gasteiger partial charge < -0.3 is 0 Å². The predicted octanol–water partition coefficient (Wildman–Crippen LogP) is 9.01. The average molecular weight is 414 g/mol. The van der Waals surface area contributed by atoms with Crippen molar-refractivity contribution >= 4 is 0 Å². The molecule has 0 unspecified atom stereocenters. The number of hydrogen-bond donors (Lipinski definition) is 0. The minimum absolute atomic E-state index is 0.283. The molecule has 0 aromatic heterocycles. The van der Waals surface area contributed by atoms with Gasteiger partial charge in [-0.25, -0.2) is 0 Å². The third-order valence-corrected chi connectivity index (χ3v) is 8.07. The van der Waals surface area contributed by atoms with Gasteiger partial charge in [0.15, 0.2) is 0 Å². The van der Waals surface area contributed by atoms with Crippen LogP contribution in [0.2, 0.25) is 0 Å².